The Balaban J connectivity index is 0.00000112. The minimum atomic E-state index is 0. The van der Waals surface area contributed by atoms with E-state index < -0.39 is 0 Å². The molecular formula is C11H15Cl2N3. The zero-order chi connectivity index (χ0) is 9.97. The van der Waals surface area contributed by atoms with Crippen LogP contribution in [0.5, 0.6) is 0 Å². The maximum atomic E-state index is 5.67. The van der Waals surface area contributed by atoms with Crippen LogP contribution in [0.4, 0.5) is 0 Å². The molecule has 0 atom stereocenters. The molecule has 16 heavy (non-hydrogen) atoms. The van der Waals surface area contributed by atoms with Crippen molar-refractivity contribution in [1.82, 2.24) is 9.55 Å². The highest BCUT2D eigenvalue weighted by molar-refractivity contribution is 5.85. The van der Waals surface area contributed by atoms with E-state index in [1.165, 1.54) is 0 Å². The van der Waals surface area contributed by atoms with Gasteiger partial charge in [0.2, 0.25) is 0 Å². The molecule has 1 aromatic heterocycles. The molecule has 0 unspecified atom stereocenters. The first-order valence-electron chi connectivity index (χ1n) is 4.61. The molecule has 0 amide bonds. The van der Waals surface area contributed by atoms with Gasteiger partial charge in [0.05, 0.1) is 5.69 Å². The minimum absolute atomic E-state index is 0. The van der Waals surface area contributed by atoms with Crippen molar-refractivity contribution < 1.29 is 0 Å². The van der Waals surface area contributed by atoms with Crippen LogP contribution in [0.3, 0.4) is 0 Å². The first kappa shape index (κ1) is 15.0. The van der Waals surface area contributed by atoms with Gasteiger partial charge in [0, 0.05) is 18.9 Å². The van der Waals surface area contributed by atoms with E-state index >= 15 is 0 Å². The highest BCUT2D eigenvalue weighted by atomic mass is 35.5. The number of nitrogens with zero attached hydrogens (tertiary/aromatic N) is 2. The van der Waals surface area contributed by atoms with Crippen molar-refractivity contribution in [2.75, 3.05) is 0 Å². The van der Waals surface area contributed by atoms with Crippen LogP contribution >= 0.6 is 24.8 Å². The smallest absolute Gasteiger partial charge is 0.110 e. The number of para-hydroxylation sites is 1. The fraction of sp³-hybridized carbons (Fsp3) is 0.182. The quantitative estimate of drug-likeness (QED) is 0.901. The van der Waals surface area contributed by atoms with Crippen LogP contribution in [0.2, 0.25) is 0 Å². The predicted molar refractivity (Wildman–Crippen MR) is 70.7 cm³/mol. The zero-order valence-corrected chi connectivity index (χ0v) is 10.6. The summed E-state index contributed by atoms with van der Waals surface area (Å²) in [6.07, 6.45) is 3.74. The number of rotatable bonds is 2. The lowest BCUT2D eigenvalue weighted by Gasteiger charge is -2.09. The molecule has 0 aliphatic heterocycles. The van der Waals surface area contributed by atoms with E-state index in [-0.39, 0.29) is 24.8 Å². The van der Waals surface area contributed by atoms with Gasteiger partial charge in [-0.05, 0) is 18.6 Å². The Labute approximate surface area is 108 Å². The summed E-state index contributed by atoms with van der Waals surface area (Å²) < 4.78 is 2.04. The average Bonchev–Trinajstić information content (AvgIpc) is 2.64. The molecule has 0 saturated heterocycles. The van der Waals surface area contributed by atoms with Gasteiger partial charge in [-0.15, -0.1) is 24.8 Å². The molecule has 2 aromatic rings. The Kier molecular flexibility index (Phi) is 6.11. The van der Waals surface area contributed by atoms with Crippen LogP contribution in [-0.2, 0) is 6.54 Å². The average molecular weight is 260 g/mol. The van der Waals surface area contributed by atoms with Crippen LogP contribution in [0.25, 0.3) is 5.69 Å². The van der Waals surface area contributed by atoms with Crippen molar-refractivity contribution in [1.29, 1.82) is 0 Å². The molecule has 2 N–H and O–H groups in total. The van der Waals surface area contributed by atoms with E-state index in [1.54, 1.807) is 6.20 Å². The van der Waals surface area contributed by atoms with E-state index in [1.807, 2.05) is 35.9 Å². The van der Waals surface area contributed by atoms with Gasteiger partial charge >= 0.3 is 0 Å². The SMILES string of the molecule is Cc1nccn1-c1ccccc1CN.Cl.Cl. The summed E-state index contributed by atoms with van der Waals surface area (Å²) in [5, 5.41) is 0. The van der Waals surface area contributed by atoms with E-state index in [4.69, 9.17) is 5.73 Å². The van der Waals surface area contributed by atoms with Crippen LogP contribution in [-0.4, -0.2) is 9.55 Å². The molecule has 0 saturated carbocycles. The third-order valence-electron chi connectivity index (χ3n) is 2.30. The minimum Gasteiger partial charge on any atom is -0.326 e. The maximum absolute atomic E-state index is 5.67. The van der Waals surface area contributed by atoms with Crippen LogP contribution in [0.15, 0.2) is 36.7 Å². The number of benzene rings is 1. The molecule has 0 spiro atoms. The van der Waals surface area contributed by atoms with Crippen molar-refractivity contribution in [3.63, 3.8) is 0 Å². The van der Waals surface area contributed by atoms with Crippen LogP contribution < -0.4 is 5.73 Å². The molecule has 1 heterocycles. The highest BCUT2D eigenvalue weighted by Crippen LogP contribution is 2.15. The van der Waals surface area contributed by atoms with Crippen molar-refractivity contribution >= 4 is 24.8 Å². The van der Waals surface area contributed by atoms with Crippen LogP contribution in [0.1, 0.15) is 11.4 Å². The van der Waals surface area contributed by atoms with Crippen molar-refractivity contribution in [2.45, 2.75) is 13.5 Å². The van der Waals surface area contributed by atoms with Gasteiger partial charge in [-0.1, -0.05) is 18.2 Å². The molecule has 3 nitrogen and oxygen atoms in total. The Bertz CT molecular complexity index is 440. The molecule has 0 fully saturated rings. The Morgan fingerprint density at radius 2 is 1.94 bits per heavy atom. The van der Waals surface area contributed by atoms with Crippen molar-refractivity contribution in [2.24, 2.45) is 5.73 Å². The van der Waals surface area contributed by atoms with Gasteiger partial charge in [-0.3, -0.25) is 0 Å². The topological polar surface area (TPSA) is 43.8 Å². The number of halogens is 2. The Morgan fingerprint density at radius 3 is 2.50 bits per heavy atom. The summed E-state index contributed by atoms with van der Waals surface area (Å²) >= 11 is 0. The maximum Gasteiger partial charge on any atom is 0.110 e. The molecule has 0 aliphatic rings. The second-order valence-electron chi connectivity index (χ2n) is 3.18. The molecule has 0 aliphatic carbocycles. The second kappa shape index (κ2) is 6.53. The van der Waals surface area contributed by atoms with Gasteiger partial charge in [0.25, 0.3) is 0 Å². The lowest BCUT2D eigenvalue weighted by molar-refractivity contribution is 0.937. The number of aromatic nitrogens is 2. The third kappa shape index (κ3) is 2.76. The summed E-state index contributed by atoms with van der Waals surface area (Å²) in [5.74, 6) is 0.978. The molecule has 5 heteroatoms. The van der Waals surface area contributed by atoms with Gasteiger partial charge in [0.1, 0.15) is 5.82 Å². The van der Waals surface area contributed by atoms with Gasteiger partial charge in [0.15, 0.2) is 0 Å². The molecule has 1 aromatic carbocycles. The largest absolute Gasteiger partial charge is 0.326 e. The van der Waals surface area contributed by atoms with E-state index in [0.29, 0.717) is 6.54 Å². The standard InChI is InChI=1S/C11H13N3.2ClH/c1-9-13-6-7-14(9)11-5-3-2-4-10(11)8-12;;/h2-7H,8,12H2,1H3;2*1H. The number of aryl methyl sites for hydroxylation is 1. The fourth-order valence-corrected chi connectivity index (χ4v) is 1.55. The van der Waals surface area contributed by atoms with E-state index in [9.17, 15) is 0 Å². The van der Waals surface area contributed by atoms with E-state index in [2.05, 4.69) is 11.1 Å². The number of hydrogen-bond donors (Lipinski definition) is 1. The lowest BCUT2D eigenvalue weighted by Crippen LogP contribution is -2.04. The monoisotopic (exact) mass is 259 g/mol. The van der Waals surface area contributed by atoms with E-state index in [0.717, 1.165) is 17.1 Å². The summed E-state index contributed by atoms with van der Waals surface area (Å²) in [4.78, 5) is 4.19. The first-order chi connectivity index (χ1) is 6.83. The Morgan fingerprint density at radius 1 is 1.25 bits per heavy atom. The number of hydrogen-bond acceptors (Lipinski definition) is 2. The summed E-state index contributed by atoms with van der Waals surface area (Å²) in [7, 11) is 0. The van der Waals surface area contributed by atoms with Gasteiger partial charge < -0.3 is 10.3 Å². The molecule has 0 radical (unpaired) electrons. The second-order valence-corrected chi connectivity index (χ2v) is 3.18. The summed E-state index contributed by atoms with van der Waals surface area (Å²) in [5.41, 5.74) is 7.92. The van der Waals surface area contributed by atoms with Gasteiger partial charge in [-0.2, -0.15) is 0 Å². The number of imidazole rings is 1. The third-order valence-corrected chi connectivity index (χ3v) is 2.30. The van der Waals surface area contributed by atoms with Crippen LogP contribution in [0, 0.1) is 6.92 Å². The summed E-state index contributed by atoms with van der Waals surface area (Å²) in [6.45, 7) is 2.53. The predicted octanol–water partition coefficient (Wildman–Crippen LogP) is 2.48. The normalized spacial score (nSPS) is 9.12. The lowest BCUT2D eigenvalue weighted by atomic mass is 10.2. The molecule has 88 valence electrons. The Hall–Kier alpha value is -1.03. The van der Waals surface area contributed by atoms with Crippen molar-refractivity contribution in [3.05, 3.63) is 48.0 Å². The molecular weight excluding hydrogens is 245 g/mol. The van der Waals surface area contributed by atoms with Gasteiger partial charge in [-0.25, -0.2) is 4.98 Å². The van der Waals surface area contributed by atoms with Crippen molar-refractivity contribution in [3.8, 4) is 5.69 Å². The zero-order valence-electron chi connectivity index (χ0n) is 8.96. The highest BCUT2D eigenvalue weighted by Gasteiger charge is 2.03. The molecule has 2 rings (SSSR count). The first-order valence-corrected chi connectivity index (χ1v) is 4.61. The fourth-order valence-electron chi connectivity index (χ4n) is 1.55. The number of nitrogens with two attached hydrogens (primary N) is 1. The molecule has 0 bridgehead atoms. The summed E-state index contributed by atoms with van der Waals surface area (Å²) in [6, 6.07) is 8.09.